The molecule has 0 amide bonds. The Bertz CT molecular complexity index is 787. The normalized spacial score (nSPS) is 10.9. The van der Waals surface area contributed by atoms with Gasteiger partial charge in [-0.05, 0) is 47.2 Å². The predicted octanol–water partition coefficient (Wildman–Crippen LogP) is 4.18. The Kier molecular flexibility index (Phi) is 3.38. The smallest absolute Gasteiger partial charge is 0.150 e. The van der Waals surface area contributed by atoms with Gasteiger partial charge in [0.15, 0.2) is 0 Å². The zero-order valence-electron chi connectivity index (χ0n) is 11.1. The SMILES string of the molecule is Cc1cc(C=O)ccc1-c1csc2ccc(CO)cc12. The molecule has 3 rings (SSSR count). The van der Waals surface area contributed by atoms with Gasteiger partial charge in [0.1, 0.15) is 6.29 Å². The molecule has 0 atom stereocenters. The van der Waals surface area contributed by atoms with Gasteiger partial charge in [-0.1, -0.05) is 18.2 Å². The number of aldehydes is 1. The molecule has 0 bridgehead atoms. The quantitative estimate of drug-likeness (QED) is 0.732. The number of hydrogen-bond donors (Lipinski definition) is 1. The van der Waals surface area contributed by atoms with Gasteiger partial charge >= 0.3 is 0 Å². The minimum Gasteiger partial charge on any atom is -0.392 e. The van der Waals surface area contributed by atoms with E-state index in [1.165, 1.54) is 4.70 Å². The van der Waals surface area contributed by atoms with Crippen LogP contribution in [0.15, 0.2) is 41.8 Å². The molecule has 0 aliphatic rings. The molecule has 2 nitrogen and oxygen atoms in total. The summed E-state index contributed by atoms with van der Waals surface area (Å²) in [6.45, 7) is 2.07. The third-order valence-electron chi connectivity index (χ3n) is 3.50. The maximum Gasteiger partial charge on any atom is 0.150 e. The number of aliphatic hydroxyl groups excluding tert-OH is 1. The standard InChI is InChI=1S/C17H14O2S/c1-11-6-12(8-18)2-4-14(11)16-10-20-17-5-3-13(9-19)7-15(16)17/h2-8,10,19H,9H2,1H3. The zero-order chi connectivity index (χ0) is 14.1. The van der Waals surface area contributed by atoms with E-state index in [0.29, 0.717) is 5.56 Å². The number of aliphatic hydroxyl groups is 1. The highest BCUT2D eigenvalue weighted by Crippen LogP contribution is 2.36. The van der Waals surface area contributed by atoms with Gasteiger partial charge in [-0.2, -0.15) is 0 Å². The highest BCUT2D eigenvalue weighted by atomic mass is 32.1. The topological polar surface area (TPSA) is 37.3 Å². The van der Waals surface area contributed by atoms with Crippen molar-refractivity contribution in [2.24, 2.45) is 0 Å². The molecule has 2 aromatic carbocycles. The Morgan fingerprint density at radius 3 is 2.70 bits per heavy atom. The highest BCUT2D eigenvalue weighted by molar-refractivity contribution is 7.17. The number of aryl methyl sites for hydroxylation is 1. The maximum atomic E-state index is 10.8. The number of benzene rings is 2. The summed E-state index contributed by atoms with van der Waals surface area (Å²) in [7, 11) is 0. The van der Waals surface area contributed by atoms with E-state index < -0.39 is 0 Å². The first-order chi connectivity index (χ1) is 9.72. The lowest BCUT2D eigenvalue weighted by Gasteiger charge is -2.06. The van der Waals surface area contributed by atoms with Crippen LogP contribution in [-0.4, -0.2) is 11.4 Å². The molecular formula is C17H14O2S. The van der Waals surface area contributed by atoms with Crippen LogP contribution in [0, 0.1) is 6.92 Å². The van der Waals surface area contributed by atoms with E-state index in [4.69, 9.17) is 0 Å². The molecule has 0 aliphatic heterocycles. The van der Waals surface area contributed by atoms with Crippen molar-refractivity contribution in [3.8, 4) is 11.1 Å². The van der Waals surface area contributed by atoms with E-state index in [0.717, 1.165) is 33.9 Å². The molecule has 0 fully saturated rings. The Labute approximate surface area is 121 Å². The molecule has 0 aliphatic carbocycles. The Hall–Kier alpha value is -1.97. The zero-order valence-corrected chi connectivity index (χ0v) is 11.9. The van der Waals surface area contributed by atoms with Crippen molar-refractivity contribution in [1.29, 1.82) is 0 Å². The predicted molar refractivity (Wildman–Crippen MR) is 83.3 cm³/mol. The maximum absolute atomic E-state index is 10.8. The molecule has 0 unspecified atom stereocenters. The monoisotopic (exact) mass is 282 g/mol. The fourth-order valence-electron chi connectivity index (χ4n) is 2.45. The fraction of sp³-hybridized carbons (Fsp3) is 0.118. The summed E-state index contributed by atoms with van der Waals surface area (Å²) in [5.41, 5.74) is 5.00. The van der Waals surface area contributed by atoms with Crippen LogP contribution in [0.1, 0.15) is 21.5 Å². The summed E-state index contributed by atoms with van der Waals surface area (Å²) in [5.74, 6) is 0. The van der Waals surface area contributed by atoms with E-state index in [9.17, 15) is 9.90 Å². The number of carbonyl (C=O) groups excluding carboxylic acids is 1. The summed E-state index contributed by atoms with van der Waals surface area (Å²) in [5, 5.41) is 12.6. The second-order valence-corrected chi connectivity index (χ2v) is 5.74. The van der Waals surface area contributed by atoms with Crippen LogP contribution in [0.4, 0.5) is 0 Å². The Balaban J connectivity index is 2.21. The van der Waals surface area contributed by atoms with Crippen LogP contribution in [0.5, 0.6) is 0 Å². The first-order valence-corrected chi connectivity index (χ1v) is 7.28. The second-order valence-electron chi connectivity index (χ2n) is 4.83. The molecule has 100 valence electrons. The Morgan fingerprint density at radius 2 is 2.00 bits per heavy atom. The van der Waals surface area contributed by atoms with E-state index in [1.807, 2.05) is 43.3 Å². The van der Waals surface area contributed by atoms with Crippen LogP contribution in [0.3, 0.4) is 0 Å². The van der Waals surface area contributed by atoms with E-state index in [1.54, 1.807) is 11.3 Å². The van der Waals surface area contributed by atoms with Gasteiger partial charge in [0, 0.05) is 21.2 Å². The molecular weight excluding hydrogens is 268 g/mol. The average molecular weight is 282 g/mol. The van der Waals surface area contributed by atoms with Crippen molar-refractivity contribution in [2.45, 2.75) is 13.5 Å². The third-order valence-corrected chi connectivity index (χ3v) is 4.46. The van der Waals surface area contributed by atoms with Gasteiger partial charge in [0.25, 0.3) is 0 Å². The van der Waals surface area contributed by atoms with Gasteiger partial charge in [-0.3, -0.25) is 4.79 Å². The molecule has 0 spiro atoms. The van der Waals surface area contributed by atoms with Crippen molar-refractivity contribution >= 4 is 27.7 Å². The summed E-state index contributed by atoms with van der Waals surface area (Å²) < 4.78 is 1.20. The summed E-state index contributed by atoms with van der Waals surface area (Å²) in [6, 6.07) is 11.8. The number of rotatable bonds is 3. The van der Waals surface area contributed by atoms with Gasteiger partial charge in [0.05, 0.1) is 6.61 Å². The minimum atomic E-state index is 0.0499. The molecule has 1 heterocycles. The van der Waals surface area contributed by atoms with Crippen molar-refractivity contribution in [3.63, 3.8) is 0 Å². The number of fused-ring (bicyclic) bond motifs is 1. The van der Waals surface area contributed by atoms with Gasteiger partial charge in [0.2, 0.25) is 0 Å². The summed E-state index contributed by atoms with van der Waals surface area (Å²) in [4.78, 5) is 10.8. The van der Waals surface area contributed by atoms with Crippen molar-refractivity contribution in [1.82, 2.24) is 0 Å². The van der Waals surface area contributed by atoms with Crippen LogP contribution in [0.2, 0.25) is 0 Å². The summed E-state index contributed by atoms with van der Waals surface area (Å²) in [6.07, 6.45) is 0.867. The molecule has 3 aromatic rings. The first-order valence-electron chi connectivity index (χ1n) is 6.40. The Morgan fingerprint density at radius 1 is 1.15 bits per heavy atom. The van der Waals surface area contributed by atoms with Gasteiger partial charge in [-0.15, -0.1) is 11.3 Å². The first kappa shape index (κ1) is 13.0. The average Bonchev–Trinajstić information content (AvgIpc) is 2.89. The minimum absolute atomic E-state index is 0.0499. The molecule has 20 heavy (non-hydrogen) atoms. The number of hydrogen-bond acceptors (Lipinski definition) is 3. The molecule has 0 saturated carbocycles. The lowest BCUT2D eigenvalue weighted by atomic mass is 9.97. The van der Waals surface area contributed by atoms with Crippen LogP contribution in [-0.2, 0) is 6.61 Å². The van der Waals surface area contributed by atoms with E-state index >= 15 is 0 Å². The van der Waals surface area contributed by atoms with Crippen molar-refractivity contribution < 1.29 is 9.90 Å². The van der Waals surface area contributed by atoms with Crippen LogP contribution in [0.25, 0.3) is 21.2 Å². The lowest BCUT2D eigenvalue weighted by molar-refractivity contribution is 0.112. The number of thiophene rings is 1. The van der Waals surface area contributed by atoms with Crippen LogP contribution < -0.4 is 0 Å². The number of carbonyl (C=O) groups is 1. The van der Waals surface area contributed by atoms with Crippen molar-refractivity contribution in [3.05, 3.63) is 58.5 Å². The lowest BCUT2D eigenvalue weighted by Crippen LogP contribution is -1.87. The fourth-order valence-corrected chi connectivity index (χ4v) is 3.39. The molecule has 1 aromatic heterocycles. The van der Waals surface area contributed by atoms with E-state index in [-0.39, 0.29) is 6.61 Å². The molecule has 0 radical (unpaired) electrons. The van der Waals surface area contributed by atoms with E-state index in [2.05, 4.69) is 5.38 Å². The summed E-state index contributed by atoms with van der Waals surface area (Å²) >= 11 is 1.70. The molecule has 3 heteroatoms. The van der Waals surface area contributed by atoms with Gasteiger partial charge < -0.3 is 5.11 Å². The largest absolute Gasteiger partial charge is 0.392 e. The highest BCUT2D eigenvalue weighted by Gasteiger charge is 2.10. The second kappa shape index (κ2) is 5.19. The van der Waals surface area contributed by atoms with Crippen LogP contribution >= 0.6 is 11.3 Å². The van der Waals surface area contributed by atoms with Crippen molar-refractivity contribution in [2.75, 3.05) is 0 Å². The molecule has 1 N–H and O–H groups in total. The van der Waals surface area contributed by atoms with Gasteiger partial charge in [-0.25, -0.2) is 0 Å². The molecule has 0 saturated heterocycles. The third kappa shape index (κ3) is 2.15.